The highest BCUT2D eigenvalue weighted by Crippen LogP contribution is 2.26. The molecule has 2 N–H and O–H groups in total. The third-order valence-corrected chi connectivity index (χ3v) is 4.85. The lowest BCUT2D eigenvalue weighted by Gasteiger charge is -2.28. The van der Waals surface area contributed by atoms with Gasteiger partial charge in [0.25, 0.3) is 5.91 Å². The molecule has 1 aromatic heterocycles. The largest absolute Gasteiger partial charge is 0.480 e. The Hall–Kier alpha value is -1.43. The van der Waals surface area contributed by atoms with Gasteiger partial charge in [-0.25, -0.2) is 0 Å². The first-order chi connectivity index (χ1) is 9.60. The van der Waals surface area contributed by atoms with Crippen molar-refractivity contribution in [1.29, 1.82) is 0 Å². The number of carbonyl (C=O) groups is 2. The van der Waals surface area contributed by atoms with E-state index in [0.717, 1.165) is 25.7 Å². The maximum atomic E-state index is 12.2. The summed E-state index contributed by atoms with van der Waals surface area (Å²) in [6, 6.07) is 3.56. The molecule has 110 valence electrons. The fourth-order valence-electron chi connectivity index (χ4n) is 2.61. The summed E-state index contributed by atoms with van der Waals surface area (Å²) in [5, 5.41) is 12.5. The second-order valence-corrected chi connectivity index (χ2v) is 6.24. The van der Waals surface area contributed by atoms with Crippen molar-refractivity contribution in [2.24, 2.45) is 0 Å². The lowest BCUT2D eigenvalue weighted by molar-refractivity contribution is -0.137. The van der Waals surface area contributed by atoms with Crippen molar-refractivity contribution in [3.63, 3.8) is 0 Å². The van der Waals surface area contributed by atoms with Crippen LogP contribution in [0.15, 0.2) is 18.3 Å². The molecule has 0 atom stereocenters. The number of hydrogen-bond acceptors (Lipinski definition) is 3. The Bertz CT molecular complexity index is 479. The van der Waals surface area contributed by atoms with Gasteiger partial charge in [0.1, 0.15) is 12.2 Å². The average Bonchev–Trinajstić information content (AvgIpc) is 2.87. The first kappa shape index (κ1) is 15.0. The first-order valence-electron chi connectivity index (χ1n) is 6.80. The molecule has 1 heterocycles. The Balaban J connectivity index is 1.92. The van der Waals surface area contributed by atoms with Gasteiger partial charge in [-0.15, -0.1) is 0 Å². The monoisotopic (exact) mass is 296 g/mol. The van der Waals surface area contributed by atoms with Gasteiger partial charge in [-0.3, -0.25) is 9.59 Å². The fraction of sp³-hybridized carbons (Fsp3) is 0.571. The Labute approximate surface area is 122 Å². The van der Waals surface area contributed by atoms with Crippen molar-refractivity contribution in [3.8, 4) is 0 Å². The van der Waals surface area contributed by atoms with Crippen LogP contribution in [0.2, 0.25) is 0 Å². The predicted octanol–water partition coefficient (Wildman–Crippen LogP) is 1.98. The van der Waals surface area contributed by atoms with E-state index >= 15 is 0 Å². The van der Waals surface area contributed by atoms with E-state index in [1.165, 1.54) is 4.57 Å². The van der Waals surface area contributed by atoms with Gasteiger partial charge in [0.05, 0.1) is 0 Å². The molecule has 20 heavy (non-hydrogen) atoms. The number of thioether (sulfide) groups is 1. The van der Waals surface area contributed by atoms with Gasteiger partial charge >= 0.3 is 5.97 Å². The number of nitrogens with one attached hydrogen (secondary N) is 1. The number of rotatable bonds is 5. The quantitative estimate of drug-likeness (QED) is 0.871. The fourth-order valence-corrected chi connectivity index (χ4v) is 3.35. The Morgan fingerprint density at radius 3 is 2.70 bits per heavy atom. The SMILES string of the molecule is CSC1CCC(NC(=O)c2cccn2CC(=O)O)CC1. The molecule has 1 aliphatic carbocycles. The molecule has 6 heteroatoms. The number of carbonyl (C=O) groups excluding carboxylic acids is 1. The van der Waals surface area contributed by atoms with Crippen LogP contribution in [0.5, 0.6) is 0 Å². The summed E-state index contributed by atoms with van der Waals surface area (Å²) in [5.41, 5.74) is 0.416. The van der Waals surface area contributed by atoms with Crippen LogP contribution in [0, 0.1) is 0 Å². The van der Waals surface area contributed by atoms with Gasteiger partial charge < -0.3 is 15.0 Å². The summed E-state index contributed by atoms with van der Waals surface area (Å²) in [6.07, 6.45) is 7.99. The van der Waals surface area contributed by atoms with Gasteiger partial charge in [-0.1, -0.05) is 0 Å². The molecule has 2 rings (SSSR count). The third-order valence-electron chi connectivity index (χ3n) is 3.71. The number of aliphatic carboxylic acids is 1. The minimum absolute atomic E-state index is 0.177. The number of carboxylic acid groups (broad SMARTS) is 1. The van der Waals surface area contributed by atoms with Crippen LogP contribution in [0.25, 0.3) is 0 Å². The molecule has 1 saturated carbocycles. The van der Waals surface area contributed by atoms with Crippen LogP contribution in [-0.4, -0.2) is 39.1 Å². The van der Waals surface area contributed by atoms with E-state index < -0.39 is 5.97 Å². The third kappa shape index (κ3) is 3.79. The highest BCUT2D eigenvalue weighted by atomic mass is 32.2. The van der Waals surface area contributed by atoms with Crippen molar-refractivity contribution in [3.05, 3.63) is 24.0 Å². The second-order valence-electron chi connectivity index (χ2n) is 5.10. The molecule has 5 nitrogen and oxygen atoms in total. The van der Waals surface area contributed by atoms with Crippen LogP contribution in [0.1, 0.15) is 36.2 Å². The van der Waals surface area contributed by atoms with Crippen molar-refractivity contribution in [2.75, 3.05) is 6.26 Å². The van der Waals surface area contributed by atoms with Crippen LogP contribution >= 0.6 is 11.8 Å². The molecule has 0 saturated heterocycles. The van der Waals surface area contributed by atoms with Crippen LogP contribution in [0.4, 0.5) is 0 Å². The Kier molecular flexibility index (Phi) is 5.11. The van der Waals surface area contributed by atoms with E-state index in [9.17, 15) is 9.59 Å². The molecule has 1 amide bonds. The zero-order chi connectivity index (χ0) is 14.5. The van der Waals surface area contributed by atoms with E-state index in [1.54, 1.807) is 18.3 Å². The van der Waals surface area contributed by atoms with E-state index in [1.807, 2.05) is 11.8 Å². The number of nitrogens with zero attached hydrogens (tertiary/aromatic N) is 1. The molecule has 0 spiro atoms. The normalized spacial score (nSPS) is 22.4. The van der Waals surface area contributed by atoms with E-state index in [4.69, 9.17) is 5.11 Å². The Morgan fingerprint density at radius 2 is 2.10 bits per heavy atom. The first-order valence-corrected chi connectivity index (χ1v) is 8.09. The van der Waals surface area contributed by atoms with E-state index in [-0.39, 0.29) is 18.5 Å². The minimum Gasteiger partial charge on any atom is -0.480 e. The summed E-state index contributed by atoms with van der Waals surface area (Å²) >= 11 is 1.89. The van der Waals surface area contributed by atoms with E-state index in [0.29, 0.717) is 10.9 Å². The topological polar surface area (TPSA) is 71.3 Å². The van der Waals surface area contributed by atoms with Crippen LogP contribution in [-0.2, 0) is 11.3 Å². The highest BCUT2D eigenvalue weighted by Gasteiger charge is 2.23. The summed E-state index contributed by atoms with van der Waals surface area (Å²) in [6.45, 7) is -0.186. The van der Waals surface area contributed by atoms with Gasteiger partial charge in [0.15, 0.2) is 0 Å². The van der Waals surface area contributed by atoms with Crippen LogP contribution in [0.3, 0.4) is 0 Å². The maximum absolute atomic E-state index is 12.2. The number of amides is 1. The average molecular weight is 296 g/mol. The molecule has 1 aliphatic rings. The molecule has 0 aromatic carbocycles. The number of aromatic nitrogens is 1. The summed E-state index contributed by atoms with van der Waals surface area (Å²) in [4.78, 5) is 22.9. The lowest BCUT2D eigenvalue weighted by Crippen LogP contribution is -2.39. The van der Waals surface area contributed by atoms with Gasteiger partial charge in [-0.2, -0.15) is 11.8 Å². The molecule has 1 aromatic rings. The van der Waals surface area contributed by atoms with Gasteiger partial charge in [0, 0.05) is 17.5 Å². The molecule has 1 fully saturated rings. The van der Waals surface area contributed by atoms with Crippen molar-refractivity contribution < 1.29 is 14.7 Å². The molecule has 0 radical (unpaired) electrons. The molecular weight excluding hydrogens is 276 g/mol. The van der Waals surface area contributed by atoms with Crippen molar-refractivity contribution >= 4 is 23.6 Å². The molecular formula is C14H20N2O3S. The highest BCUT2D eigenvalue weighted by molar-refractivity contribution is 7.99. The van der Waals surface area contributed by atoms with Crippen LogP contribution < -0.4 is 5.32 Å². The van der Waals surface area contributed by atoms with Crippen molar-refractivity contribution in [1.82, 2.24) is 9.88 Å². The number of carboxylic acids is 1. The van der Waals surface area contributed by atoms with E-state index in [2.05, 4.69) is 11.6 Å². The summed E-state index contributed by atoms with van der Waals surface area (Å²) in [7, 11) is 0. The molecule has 0 unspecified atom stereocenters. The lowest BCUT2D eigenvalue weighted by atomic mass is 9.95. The smallest absolute Gasteiger partial charge is 0.323 e. The summed E-state index contributed by atoms with van der Waals surface area (Å²) < 4.78 is 1.46. The zero-order valence-corrected chi connectivity index (χ0v) is 12.4. The maximum Gasteiger partial charge on any atom is 0.323 e. The summed E-state index contributed by atoms with van der Waals surface area (Å²) in [5.74, 6) is -1.13. The molecule has 0 aliphatic heterocycles. The van der Waals surface area contributed by atoms with Gasteiger partial charge in [-0.05, 0) is 44.1 Å². The second kappa shape index (κ2) is 6.83. The predicted molar refractivity (Wildman–Crippen MR) is 79.1 cm³/mol. The van der Waals surface area contributed by atoms with Crippen molar-refractivity contribution in [2.45, 2.75) is 43.5 Å². The van der Waals surface area contributed by atoms with Gasteiger partial charge in [0.2, 0.25) is 0 Å². The number of hydrogen-bond donors (Lipinski definition) is 2. The Morgan fingerprint density at radius 1 is 1.40 bits per heavy atom. The standard InChI is InChI=1S/C14H20N2O3S/c1-20-11-6-4-10(5-7-11)15-14(19)12-3-2-8-16(12)9-13(17)18/h2-3,8,10-11H,4-7,9H2,1H3,(H,15,19)(H,17,18). The minimum atomic E-state index is -0.948. The molecule has 0 bridgehead atoms. The zero-order valence-electron chi connectivity index (χ0n) is 11.5.